The zero-order valence-corrected chi connectivity index (χ0v) is 43.1. The van der Waals surface area contributed by atoms with E-state index in [4.69, 9.17) is 14.2 Å². The van der Waals surface area contributed by atoms with Gasteiger partial charge in [0.2, 0.25) is 0 Å². The quantitative estimate of drug-likeness (QED) is 0.0262. The summed E-state index contributed by atoms with van der Waals surface area (Å²) in [4.78, 5) is 38.1. The van der Waals surface area contributed by atoms with Gasteiger partial charge < -0.3 is 14.2 Å². The fraction of sp³-hybridized carbons (Fsp3) is 0.623. The molecule has 0 heterocycles. The van der Waals surface area contributed by atoms with Gasteiger partial charge in [-0.15, -0.1) is 0 Å². The number of hydrogen-bond acceptors (Lipinski definition) is 6. The van der Waals surface area contributed by atoms with Gasteiger partial charge in [-0.25, -0.2) is 0 Å². The van der Waals surface area contributed by atoms with Crippen LogP contribution in [-0.4, -0.2) is 37.2 Å². The monoisotopic (exact) mass is 927 g/mol. The summed E-state index contributed by atoms with van der Waals surface area (Å²) in [6.07, 6.45) is 74.7. The first kappa shape index (κ1) is 62.8. The number of carbonyl (C=O) groups is 3. The molecule has 0 aromatic carbocycles. The normalized spacial score (nSPS) is 13.1. The van der Waals surface area contributed by atoms with Gasteiger partial charge in [-0.2, -0.15) is 0 Å². The van der Waals surface area contributed by atoms with Gasteiger partial charge in [-0.3, -0.25) is 14.4 Å². The molecule has 67 heavy (non-hydrogen) atoms. The Morgan fingerprint density at radius 1 is 0.313 bits per heavy atom. The van der Waals surface area contributed by atoms with Crippen LogP contribution in [0.1, 0.15) is 226 Å². The lowest BCUT2D eigenvalue weighted by atomic mass is 10.1. The molecule has 0 aliphatic heterocycles. The second-order valence-corrected chi connectivity index (χ2v) is 17.4. The van der Waals surface area contributed by atoms with Crippen LogP contribution in [0, 0.1) is 0 Å². The van der Waals surface area contributed by atoms with Gasteiger partial charge in [0.15, 0.2) is 6.10 Å². The fourth-order valence-corrected chi connectivity index (χ4v) is 6.86. The van der Waals surface area contributed by atoms with Gasteiger partial charge in [0.05, 0.1) is 0 Å². The van der Waals surface area contributed by atoms with Crippen LogP contribution < -0.4 is 0 Å². The van der Waals surface area contributed by atoms with Crippen molar-refractivity contribution < 1.29 is 28.6 Å². The molecule has 0 aromatic rings. The smallest absolute Gasteiger partial charge is 0.306 e. The molecule has 0 fully saturated rings. The molecule has 0 saturated heterocycles. The maximum atomic E-state index is 12.8. The van der Waals surface area contributed by atoms with Crippen molar-refractivity contribution in [2.75, 3.05) is 13.2 Å². The van der Waals surface area contributed by atoms with E-state index in [0.717, 1.165) is 128 Å². The topological polar surface area (TPSA) is 78.9 Å². The summed E-state index contributed by atoms with van der Waals surface area (Å²) in [7, 11) is 0. The van der Waals surface area contributed by atoms with Crippen molar-refractivity contribution in [1.82, 2.24) is 0 Å². The molecule has 0 aliphatic carbocycles. The number of esters is 3. The molecule has 0 amide bonds. The molecule has 378 valence electrons. The van der Waals surface area contributed by atoms with E-state index in [1.54, 1.807) is 0 Å². The lowest BCUT2D eigenvalue weighted by Crippen LogP contribution is -2.30. The average Bonchev–Trinajstić information content (AvgIpc) is 3.33. The maximum Gasteiger partial charge on any atom is 0.306 e. The molecule has 0 N–H and O–H groups in total. The summed E-state index contributed by atoms with van der Waals surface area (Å²) in [6, 6.07) is 0. The summed E-state index contributed by atoms with van der Waals surface area (Å²) in [6.45, 7) is 6.38. The molecule has 0 radical (unpaired) electrons. The van der Waals surface area contributed by atoms with Crippen molar-refractivity contribution >= 4 is 17.9 Å². The molecular formula is C61H98O6. The molecule has 0 saturated carbocycles. The van der Waals surface area contributed by atoms with E-state index in [-0.39, 0.29) is 31.1 Å². The highest BCUT2D eigenvalue weighted by Gasteiger charge is 2.19. The molecule has 6 heteroatoms. The van der Waals surface area contributed by atoms with Crippen LogP contribution in [0.4, 0.5) is 0 Å². The fourth-order valence-electron chi connectivity index (χ4n) is 6.86. The SMILES string of the molecule is CC/C=C\C/C=C\C/C=C\C/C=C\CCCCC(=O)OC[C@H](COC(=O)CCCCC/C=C\C/C=C\C/C=C\C/C=C\CCCCC)OC(=O)CCCCCCC/C=C\C/C=C\CCCCC. The van der Waals surface area contributed by atoms with Crippen LogP contribution in [0.5, 0.6) is 0 Å². The number of ether oxygens (including phenoxy) is 3. The number of rotatable bonds is 47. The van der Waals surface area contributed by atoms with Gasteiger partial charge in [0, 0.05) is 19.3 Å². The first-order chi connectivity index (χ1) is 33.0. The van der Waals surface area contributed by atoms with Crippen molar-refractivity contribution in [1.29, 1.82) is 0 Å². The molecule has 0 aliphatic rings. The first-order valence-corrected chi connectivity index (χ1v) is 27.0. The van der Waals surface area contributed by atoms with Gasteiger partial charge >= 0.3 is 17.9 Å². The van der Waals surface area contributed by atoms with Crippen LogP contribution in [0.3, 0.4) is 0 Å². The van der Waals surface area contributed by atoms with E-state index >= 15 is 0 Å². The summed E-state index contributed by atoms with van der Waals surface area (Å²) in [5, 5.41) is 0. The highest BCUT2D eigenvalue weighted by molar-refractivity contribution is 5.71. The largest absolute Gasteiger partial charge is 0.462 e. The van der Waals surface area contributed by atoms with Crippen molar-refractivity contribution in [3.05, 3.63) is 122 Å². The third kappa shape index (κ3) is 52.6. The molecule has 0 unspecified atom stereocenters. The number of hydrogen-bond donors (Lipinski definition) is 0. The maximum absolute atomic E-state index is 12.8. The Labute approximate surface area is 412 Å². The second kappa shape index (κ2) is 54.4. The number of allylic oxidation sites excluding steroid dienone is 20. The Kier molecular flexibility index (Phi) is 51.0. The minimum Gasteiger partial charge on any atom is -0.462 e. The van der Waals surface area contributed by atoms with E-state index in [9.17, 15) is 14.4 Å². The van der Waals surface area contributed by atoms with Crippen LogP contribution in [0.2, 0.25) is 0 Å². The van der Waals surface area contributed by atoms with Crippen LogP contribution in [0.15, 0.2) is 122 Å². The lowest BCUT2D eigenvalue weighted by molar-refractivity contribution is -0.167. The highest BCUT2D eigenvalue weighted by atomic mass is 16.6. The number of unbranched alkanes of at least 4 members (excludes halogenated alkanes) is 16. The average molecular weight is 927 g/mol. The van der Waals surface area contributed by atoms with Crippen LogP contribution >= 0.6 is 0 Å². The lowest BCUT2D eigenvalue weighted by Gasteiger charge is -2.18. The summed E-state index contributed by atoms with van der Waals surface area (Å²) >= 11 is 0. The van der Waals surface area contributed by atoms with Gasteiger partial charge in [0.25, 0.3) is 0 Å². The van der Waals surface area contributed by atoms with Crippen molar-refractivity contribution in [2.24, 2.45) is 0 Å². The van der Waals surface area contributed by atoms with E-state index in [0.29, 0.717) is 25.7 Å². The van der Waals surface area contributed by atoms with E-state index < -0.39 is 6.10 Å². The second-order valence-electron chi connectivity index (χ2n) is 17.4. The van der Waals surface area contributed by atoms with Crippen LogP contribution in [0.25, 0.3) is 0 Å². The minimum atomic E-state index is -0.819. The first-order valence-electron chi connectivity index (χ1n) is 27.0. The Morgan fingerprint density at radius 3 is 0.955 bits per heavy atom. The van der Waals surface area contributed by atoms with Gasteiger partial charge in [-0.05, 0) is 135 Å². The summed E-state index contributed by atoms with van der Waals surface area (Å²) in [5.74, 6) is -1.01. The van der Waals surface area contributed by atoms with Gasteiger partial charge in [0.1, 0.15) is 13.2 Å². The van der Waals surface area contributed by atoms with Crippen molar-refractivity contribution in [2.45, 2.75) is 232 Å². The Hall–Kier alpha value is -4.19. The Balaban J connectivity index is 4.55. The molecule has 1 atom stereocenters. The van der Waals surface area contributed by atoms with Crippen molar-refractivity contribution in [3.8, 4) is 0 Å². The summed E-state index contributed by atoms with van der Waals surface area (Å²) < 4.78 is 16.8. The number of carbonyl (C=O) groups excluding carboxylic acids is 3. The predicted octanol–water partition coefficient (Wildman–Crippen LogP) is 18.1. The van der Waals surface area contributed by atoms with E-state index in [2.05, 4.69) is 142 Å². The third-order valence-corrected chi connectivity index (χ3v) is 10.9. The van der Waals surface area contributed by atoms with Crippen molar-refractivity contribution in [3.63, 3.8) is 0 Å². The molecular weight excluding hydrogens is 829 g/mol. The molecule has 6 nitrogen and oxygen atoms in total. The molecule has 0 aromatic heterocycles. The third-order valence-electron chi connectivity index (χ3n) is 10.9. The predicted molar refractivity (Wildman–Crippen MR) is 288 cm³/mol. The molecule has 0 rings (SSSR count). The molecule has 0 bridgehead atoms. The minimum absolute atomic E-state index is 0.117. The van der Waals surface area contributed by atoms with Crippen LogP contribution in [-0.2, 0) is 28.6 Å². The highest BCUT2D eigenvalue weighted by Crippen LogP contribution is 2.12. The Morgan fingerprint density at radius 2 is 0.582 bits per heavy atom. The zero-order chi connectivity index (χ0) is 48.6. The molecule has 0 spiro atoms. The standard InChI is InChI=1S/C61H98O6/c1-4-7-10-13-16-19-22-25-28-29-30-31-34-36-39-42-45-48-51-54-60(63)66-57-58(67-61(64)55-52-49-46-43-40-37-33-27-24-21-18-15-12-9-6-3)56-65-59(62)53-50-47-44-41-38-35-32-26-23-20-17-14-11-8-5-2/h8,11,16-21,25-28,30-33,36,38-39,41,58H,4-7,9-10,12-15,22-24,29,34-35,37,40,42-57H2,1-3H3/b11-8-,19-16-,20-17-,21-18-,28-25-,31-30-,32-26-,33-27-,39-36-,41-38-/t58-/m1/s1. The van der Waals surface area contributed by atoms with Gasteiger partial charge in [-0.1, -0.05) is 194 Å². The zero-order valence-electron chi connectivity index (χ0n) is 43.1. The Bertz CT molecular complexity index is 1440. The van der Waals surface area contributed by atoms with E-state index in [1.165, 1.54) is 51.4 Å². The van der Waals surface area contributed by atoms with E-state index in [1.807, 2.05) is 0 Å². The summed E-state index contributed by atoms with van der Waals surface area (Å²) in [5.41, 5.74) is 0.